The van der Waals surface area contributed by atoms with E-state index in [1.807, 2.05) is 24.5 Å². The minimum Gasteiger partial charge on any atom is -0.479 e. The number of aliphatic hydroxyl groups is 1. The highest BCUT2D eigenvalue weighted by atomic mass is 19.1. The molecule has 5 rings (SSSR count). The SMILES string of the molecule is COCC(C)(C)c1c([C@H]2CC[C@](O)(C(=O)O)CC2)c2c(F)c3[nH]ncc3cc2n1-c1ccc(F)c(C)c1. The largest absolute Gasteiger partial charge is 0.479 e. The lowest BCUT2D eigenvalue weighted by atomic mass is 9.73. The Balaban J connectivity index is 1.87. The number of aliphatic carboxylic acids is 1. The number of hydrogen-bond donors (Lipinski definition) is 3. The van der Waals surface area contributed by atoms with Gasteiger partial charge in [-0.1, -0.05) is 13.8 Å². The first-order valence-electron chi connectivity index (χ1n) is 12.4. The van der Waals surface area contributed by atoms with Crippen molar-refractivity contribution in [1.29, 1.82) is 0 Å². The second-order valence-corrected chi connectivity index (χ2v) is 10.9. The second-order valence-electron chi connectivity index (χ2n) is 10.9. The average Bonchev–Trinajstić information content (AvgIpc) is 3.45. The Morgan fingerprint density at radius 3 is 2.59 bits per heavy atom. The predicted octanol–water partition coefficient (Wildman–Crippen LogP) is 5.49. The number of nitrogens with zero attached hydrogens (tertiary/aromatic N) is 2. The third-order valence-electron chi connectivity index (χ3n) is 7.81. The van der Waals surface area contributed by atoms with Gasteiger partial charge >= 0.3 is 5.97 Å². The number of halogens is 2. The van der Waals surface area contributed by atoms with Crippen LogP contribution in [0.25, 0.3) is 27.5 Å². The van der Waals surface area contributed by atoms with Gasteiger partial charge in [0.25, 0.3) is 0 Å². The van der Waals surface area contributed by atoms with Crippen molar-refractivity contribution in [3.63, 3.8) is 0 Å². The van der Waals surface area contributed by atoms with Gasteiger partial charge in [0, 0.05) is 34.7 Å². The van der Waals surface area contributed by atoms with Gasteiger partial charge < -0.3 is 19.5 Å². The molecule has 3 N–H and O–H groups in total. The van der Waals surface area contributed by atoms with Crippen LogP contribution in [-0.4, -0.2) is 50.3 Å². The fourth-order valence-electron chi connectivity index (χ4n) is 5.96. The Kier molecular flexibility index (Phi) is 6.11. The molecule has 7 nitrogen and oxygen atoms in total. The maximum atomic E-state index is 16.3. The minimum atomic E-state index is -1.79. The Bertz CT molecular complexity index is 1510. The molecule has 37 heavy (non-hydrogen) atoms. The van der Waals surface area contributed by atoms with Crippen LogP contribution in [0.5, 0.6) is 0 Å². The summed E-state index contributed by atoms with van der Waals surface area (Å²) in [5, 5.41) is 28.0. The number of benzene rings is 2. The monoisotopic (exact) mass is 511 g/mol. The van der Waals surface area contributed by atoms with Gasteiger partial charge in [-0.15, -0.1) is 0 Å². The molecule has 2 aromatic heterocycles. The number of aromatic nitrogens is 3. The summed E-state index contributed by atoms with van der Waals surface area (Å²) >= 11 is 0. The smallest absolute Gasteiger partial charge is 0.335 e. The van der Waals surface area contributed by atoms with Gasteiger partial charge in [0.1, 0.15) is 11.3 Å². The molecule has 1 aliphatic rings. The van der Waals surface area contributed by atoms with Crippen LogP contribution in [0, 0.1) is 18.6 Å². The van der Waals surface area contributed by atoms with Crippen molar-refractivity contribution in [2.24, 2.45) is 0 Å². The van der Waals surface area contributed by atoms with E-state index in [1.54, 1.807) is 32.4 Å². The quantitative estimate of drug-likeness (QED) is 0.318. The van der Waals surface area contributed by atoms with Crippen molar-refractivity contribution in [2.75, 3.05) is 13.7 Å². The summed E-state index contributed by atoms with van der Waals surface area (Å²) in [7, 11) is 1.61. The van der Waals surface area contributed by atoms with Gasteiger partial charge in [0.05, 0.1) is 18.3 Å². The number of rotatable bonds is 6. The Morgan fingerprint density at radius 1 is 1.27 bits per heavy atom. The number of aryl methyl sites for hydroxylation is 1. The molecule has 2 aromatic carbocycles. The van der Waals surface area contributed by atoms with Crippen LogP contribution in [-0.2, 0) is 14.9 Å². The van der Waals surface area contributed by atoms with Gasteiger partial charge in [0.2, 0.25) is 0 Å². The molecule has 0 unspecified atom stereocenters. The maximum Gasteiger partial charge on any atom is 0.335 e. The Labute approximate surface area is 213 Å². The fraction of sp³-hybridized carbons (Fsp3) is 0.429. The Morgan fingerprint density at radius 2 is 1.97 bits per heavy atom. The number of H-pyrrole nitrogens is 1. The number of fused-ring (bicyclic) bond motifs is 2. The van der Waals surface area contributed by atoms with Crippen LogP contribution in [0.2, 0.25) is 0 Å². The summed E-state index contributed by atoms with van der Waals surface area (Å²) in [6, 6.07) is 6.71. The van der Waals surface area contributed by atoms with Gasteiger partial charge in [0.15, 0.2) is 11.4 Å². The molecule has 0 atom stereocenters. The second kappa shape index (κ2) is 8.92. The molecule has 0 radical (unpaired) electrons. The molecule has 0 spiro atoms. The van der Waals surface area contributed by atoms with Gasteiger partial charge in [-0.05, 0) is 73.9 Å². The number of aromatic amines is 1. The average molecular weight is 512 g/mol. The fourth-order valence-corrected chi connectivity index (χ4v) is 5.96. The van der Waals surface area contributed by atoms with E-state index < -0.39 is 22.8 Å². The summed E-state index contributed by atoms with van der Waals surface area (Å²) in [6.45, 7) is 6.06. The summed E-state index contributed by atoms with van der Waals surface area (Å²) in [4.78, 5) is 11.7. The van der Waals surface area contributed by atoms with Gasteiger partial charge in [-0.25, -0.2) is 13.6 Å². The van der Waals surface area contributed by atoms with E-state index >= 15 is 4.39 Å². The zero-order valence-corrected chi connectivity index (χ0v) is 21.4. The molecular weight excluding hydrogens is 480 g/mol. The van der Waals surface area contributed by atoms with Crippen molar-refractivity contribution in [2.45, 2.75) is 63.4 Å². The van der Waals surface area contributed by atoms with Gasteiger partial charge in [-0.2, -0.15) is 5.10 Å². The van der Waals surface area contributed by atoms with E-state index in [1.165, 1.54) is 6.07 Å². The first-order valence-corrected chi connectivity index (χ1v) is 12.4. The lowest BCUT2D eigenvalue weighted by Crippen LogP contribution is -2.42. The number of methoxy groups -OCH3 is 1. The summed E-state index contributed by atoms with van der Waals surface area (Å²) in [5.41, 5.74) is 1.26. The highest BCUT2D eigenvalue weighted by Gasteiger charge is 2.43. The standard InChI is InChI=1S/C28H31F2N3O4/c1-15-11-18(5-6-19(15)29)33-20-12-17-13-31-32-24(17)23(30)22(20)21(25(33)27(2,3)14-37-4)16-7-9-28(36,10-8-16)26(34)35/h5-6,11-13,16,36H,7-10,14H2,1-4H3,(H,31,32)(H,34,35)/t16-,28+. The molecule has 196 valence electrons. The van der Waals surface area contributed by atoms with Crippen molar-refractivity contribution >= 4 is 27.8 Å². The van der Waals surface area contributed by atoms with E-state index in [2.05, 4.69) is 10.2 Å². The van der Waals surface area contributed by atoms with Crippen LogP contribution in [0.4, 0.5) is 8.78 Å². The molecule has 1 saturated carbocycles. The Hall–Kier alpha value is -3.30. The van der Waals surface area contributed by atoms with Crippen LogP contribution in [0.1, 0.15) is 62.3 Å². The molecule has 0 saturated heterocycles. The van der Waals surface area contributed by atoms with Crippen molar-refractivity contribution in [1.82, 2.24) is 14.8 Å². The van der Waals surface area contributed by atoms with E-state index in [9.17, 15) is 19.4 Å². The minimum absolute atomic E-state index is 0.0629. The molecule has 9 heteroatoms. The molecule has 0 aliphatic heterocycles. The molecule has 0 bridgehead atoms. The lowest BCUT2D eigenvalue weighted by Gasteiger charge is -2.35. The first kappa shape index (κ1) is 25.4. The third kappa shape index (κ3) is 4.01. The van der Waals surface area contributed by atoms with E-state index in [-0.39, 0.29) is 30.1 Å². The normalized spacial score (nSPS) is 20.7. The van der Waals surface area contributed by atoms with E-state index in [4.69, 9.17) is 4.74 Å². The lowest BCUT2D eigenvalue weighted by molar-refractivity contribution is -0.162. The van der Waals surface area contributed by atoms with Crippen LogP contribution >= 0.6 is 0 Å². The van der Waals surface area contributed by atoms with E-state index in [0.29, 0.717) is 47.0 Å². The van der Waals surface area contributed by atoms with Crippen LogP contribution in [0.15, 0.2) is 30.5 Å². The molecular formula is C28H31F2N3O4. The van der Waals surface area contributed by atoms with Gasteiger partial charge in [-0.3, -0.25) is 5.10 Å². The highest BCUT2D eigenvalue weighted by Crippen LogP contribution is 2.48. The molecule has 2 heterocycles. The van der Waals surface area contributed by atoms with Crippen molar-refractivity contribution < 1.29 is 28.5 Å². The summed E-state index contributed by atoms with van der Waals surface area (Å²) in [6.07, 6.45) is 2.45. The maximum absolute atomic E-state index is 16.3. The molecule has 0 amide bonds. The molecule has 4 aromatic rings. The first-order chi connectivity index (χ1) is 17.5. The number of carbonyl (C=O) groups is 1. The van der Waals surface area contributed by atoms with Crippen molar-refractivity contribution in [3.05, 3.63) is 58.9 Å². The number of carboxylic acid groups (broad SMARTS) is 1. The van der Waals surface area contributed by atoms with Crippen LogP contribution in [0.3, 0.4) is 0 Å². The highest BCUT2D eigenvalue weighted by molar-refractivity contribution is 6.00. The number of ether oxygens (including phenoxy) is 1. The van der Waals surface area contributed by atoms with Crippen LogP contribution < -0.4 is 0 Å². The zero-order chi connectivity index (χ0) is 26.7. The third-order valence-corrected chi connectivity index (χ3v) is 7.81. The summed E-state index contributed by atoms with van der Waals surface area (Å²) < 4.78 is 38.1. The summed E-state index contributed by atoms with van der Waals surface area (Å²) in [5.74, 6) is -2.21. The zero-order valence-electron chi connectivity index (χ0n) is 21.4. The van der Waals surface area contributed by atoms with E-state index in [0.717, 1.165) is 11.3 Å². The number of carboxylic acids is 1. The molecule has 1 aliphatic carbocycles. The molecule has 1 fully saturated rings. The predicted molar refractivity (Wildman–Crippen MR) is 136 cm³/mol. The topological polar surface area (TPSA) is 100 Å². The van der Waals surface area contributed by atoms with Crippen molar-refractivity contribution in [3.8, 4) is 5.69 Å². The number of nitrogens with one attached hydrogen (secondary N) is 1. The number of hydrogen-bond acceptors (Lipinski definition) is 4.